The first-order chi connectivity index (χ1) is 11.0. The molecule has 1 amide bonds. The van der Waals surface area contributed by atoms with Gasteiger partial charge in [-0.1, -0.05) is 37.8 Å². The summed E-state index contributed by atoms with van der Waals surface area (Å²) in [7, 11) is 0. The first kappa shape index (κ1) is 17.2. The largest absolute Gasteiger partial charge is 0.508 e. The van der Waals surface area contributed by atoms with Gasteiger partial charge in [-0.15, -0.1) is 11.6 Å². The zero-order valence-electron chi connectivity index (χ0n) is 13.6. The maximum atomic E-state index is 12.8. The van der Waals surface area contributed by atoms with E-state index in [0.29, 0.717) is 23.1 Å². The maximum absolute atomic E-state index is 12.8. The Kier molecular flexibility index (Phi) is 5.27. The highest BCUT2D eigenvalue weighted by Gasteiger charge is 2.38. The zero-order valence-corrected chi connectivity index (χ0v) is 15.1. The quantitative estimate of drug-likeness (QED) is 0.740. The Labute approximate surface area is 148 Å². The van der Waals surface area contributed by atoms with Gasteiger partial charge in [0.2, 0.25) is 5.91 Å². The van der Waals surface area contributed by atoms with Crippen LogP contribution in [0.4, 0.5) is 0 Å². The Morgan fingerprint density at radius 1 is 1.26 bits per heavy atom. The van der Waals surface area contributed by atoms with Crippen LogP contribution in [-0.2, 0) is 4.79 Å². The minimum absolute atomic E-state index is 0.0183. The molecule has 0 aromatic rings. The lowest BCUT2D eigenvalue weighted by Gasteiger charge is -2.31. The molecule has 0 radical (unpaired) electrons. The monoisotopic (exact) mass is 357 g/mol. The molecule has 1 saturated carbocycles. The lowest BCUT2D eigenvalue weighted by Crippen LogP contribution is -2.38. The topological polar surface area (TPSA) is 40.5 Å². The van der Waals surface area contributed by atoms with Crippen LogP contribution < -0.4 is 0 Å². The summed E-state index contributed by atoms with van der Waals surface area (Å²) in [6.07, 6.45) is 9.05. The van der Waals surface area contributed by atoms with Crippen molar-refractivity contribution in [3.8, 4) is 0 Å². The number of carbonyl (C=O) groups is 1. The molecule has 3 aliphatic rings. The molecule has 0 bridgehead atoms. The number of hydrogen-bond donors (Lipinski definition) is 1. The van der Waals surface area contributed by atoms with Crippen LogP contribution in [0.2, 0.25) is 0 Å². The van der Waals surface area contributed by atoms with Crippen LogP contribution in [0.15, 0.2) is 22.4 Å². The lowest BCUT2D eigenvalue weighted by molar-refractivity contribution is -0.133. The number of alkyl halides is 1. The molecule has 2 fully saturated rings. The van der Waals surface area contributed by atoms with Crippen molar-refractivity contribution in [1.29, 1.82) is 0 Å². The predicted octanol–water partition coefficient (Wildman–Crippen LogP) is 4.75. The van der Waals surface area contributed by atoms with Crippen LogP contribution in [0.3, 0.4) is 0 Å². The molecule has 2 aliphatic carbocycles. The third-order valence-corrected chi connectivity index (χ3v) is 6.69. The van der Waals surface area contributed by atoms with Gasteiger partial charge in [-0.25, -0.2) is 0 Å². The second-order valence-electron chi connectivity index (χ2n) is 7.12. The van der Waals surface area contributed by atoms with Gasteiger partial charge in [0.05, 0.1) is 5.38 Å². The van der Waals surface area contributed by atoms with Gasteiger partial charge in [0.1, 0.15) is 5.76 Å². The van der Waals surface area contributed by atoms with Crippen LogP contribution in [0.1, 0.15) is 51.9 Å². The minimum atomic E-state index is -0.288. The summed E-state index contributed by atoms with van der Waals surface area (Å²) in [5.74, 6) is 0.310. The number of allylic oxidation sites excluding steroid dienone is 3. The summed E-state index contributed by atoms with van der Waals surface area (Å²) in [6, 6.07) is 0.423. The van der Waals surface area contributed by atoms with Crippen molar-refractivity contribution >= 4 is 29.1 Å². The summed E-state index contributed by atoms with van der Waals surface area (Å²) in [5.41, 5.74) is 0.708. The van der Waals surface area contributed by atoms with Crippen molar-refractivity contribution in [2.75, 3.05) is 6.54 Å². The van der Waals surface area contributed by atoms with Gasteiger partial charge >= 0.3 is 0 Å². The molecule has 3 atom stereocenters. The molecule has 3 unspecified atom stereocenters. The molecular formula is C18H25Cl2NO2. The van der Waals surface area contributed by atoms with Crippen molar-refractivity contribution in [1.82, 2.24) is 4.90 Å². The fraction of sp³-hybridized carbons (Fsp3) is 0.722. The van der Waals surface area contributed by atoms with E-state index in [2.05, 4.69) is 4.90 Å². The van der Waals surface area contributed by atoms with Gasteiger partial charge in [0.25, 0.3) is 0 Å². The SMILES string of the molecule is CC1C(Cl)=C(CC2CCN(C3CCCCC3)C2=O)C(O)=CC1Cl. The Balaban J connectivity index is 1.69. The summed E-state index contributed by atoms with van der Waals surface area (Å²) in [4.78, 5) is 14.8. The van der Waals surface area contributed by atoms with E-state index in [-0.39, 0.29) is 28.9 Å². The van der Waals surface area contributed by atoms with E-state index in [9.17, 15) is 9.90 Å². The molecule has 1 N–H and O–H groups in total. The third kappa shape index (κ3) is 3.41. The summed E-state index contributed by atoms with van der Waals surface area (Å²) in [6.45, 7) is 2.80. The first-order valence-corrected chi connectivity index (χ1v) is 9.54. The molecule has 0 spiro atoms. The molecule has 1 aliphatic heterocycles. The summed E-state index contributed by atoms with van der Waals surface area (Å²) in [5, 5.41) is 10.5. The molecule has 3 rings (SSSR count). The fourth-order valence-corrected chi connectivity index (χ4v) is 4.71. The van der Waals surface area contributed by atoms with Crippen molar-refractivity contribution in [2.24, 2.45) is 11.8 Å². The minimum Gasteiger partial charge on any atom is -0.508 e. The number of halogens is 2. The molecule has 1 heterocycles. The average Bonchev–Trinajstić information content (AvgIpc) is 2.91. The molecule has 1 saturated heterocycles. The molecule has 3 nitrogen and oxygen atoms in total. The van der Waals surface area contributed by atoms with E-state index in [4.69, 9.17) is 23.2 Å². The third-order valence-electron chi connectivity index (χ3n) is 5.61. The normalized spacial score (nSPS) is 33.3. The Bertz CT molecular complexity index is 537. The zero-order chi connectivity index (χ0) is 16.6. The Hall–Kier alpha value is -0.670. The van der Waals surface area contributed by atoms with Crippen molar-refractivity contribution < 1.29 is 9.90 Å². The number of aliphatic hydroxyl groups excluding tert-OH is 1. The maximum Gasteiger partial charge on any atom is 0.226 e. The standard InChI is InChI=1S/C18H25Cl2NO2/c1-11-15(19)10-16(22)14(17(11)20)9-12-7-8-21(18(12)23)13-5-3-2-4-6-13/h10-13,15,22H,2-9H2,1H3. The molecule has 23 heavy (non-hydrogen) atoms. The van der Waals surface area contributed by atoms with Crippen LogP contribution in [0.5, 0.6) is 0 Å². The predicted molar refractivity (Wildman–Crippen MR) is 93.7 cm³/mol. The molecule has 0 aromatic heterocycles. The second-order valence-corrected chi connectivity index (χ2v) is 8.04. The number of aliphatic hydroxyl groups is 1. The van der Waals surface area contributed by atoms with Crippen LogP contribution in [0, 0.1) is 11.8 Å². The van der Waals surface area contributed by atoms with Crippen molar-refractivity contribution in [3.63, 3.8) is 0 Å². The van der Waals surface area contributed by atoms with Gasteiger partial charge in [0, 0.05) is 35.0 Å². The number of nitrogens with zero attached hydrogens (tertiary/aromatic N) is 1. The number of hydrogen-bond acceptors (Lipinski definition) is 2. The van der Waals surface area contributed by atoms with Crippen molar-refractivity contribution in [2.45, 2.75) is 63.3 Å². The Morgan fingerprint density at radius 2 is 1.96 bits per heavy atom. The smallest absolute Gasteiger partial charge is 0.226 e. The van der Waals surface area contributed by atoms with Gasteiger partial charge in [-0.2, -0.15) is 0 Å². The molecule has 5 heteroatoms. The number of amides is 1. The number of rotatable bonds is 3. The fourth-order valence-electron chi connectivity index (χ4n) is 4.09. The molecule has 128 valence electrons. The van der Waals surface area contributed by atoms with E-state index in [0.717, 1.165) is 25.8 Å². The Morgan fingerprint density at radius 3 is 2.65 bits per heavy atom. The van der Waals surface area contributed by atoms with E-state index in [1.165, 1.54) is 19.3 Å². The first-order valence-electron chi connectivity index (χ1n) is 8.73. The second kappa shape index (κ2) is 7.06. The van der Waals surface area contributed by atoms with Crippen LogP contribution >= 0.6 is 23.2 Å². The van der Waals surface area contributed by atoms with Crippen molar-refractivity contribution in [3.05, 3.63) is 22.4 Å². The molecular weight excluding hydrogens is 333 g/mol. The van der Waals surface area contributed by atoms with Crippen LogP contribution in [-0.4, -0.2) is 33.9 Å². The summed E-state index contributed by atoms with van der Waals surface area (Å²) < 4.78 is 0. The highest BCUT2D eigenvalue weighted by Crippen LogP contribution is 2.39. The summed E-state index contributed by atoms with van der Waals surface area (Å²) >= 11 is 12.6. The average molecular weight is 358 g/mol. The molecule has 0 aromatic carbocycles. The van der Waals surface area contributed by atoms with Gasteiger partial charge in [-0.05, 0) is 31.8 Å². The van der Waals surface area contributed by atoms with Gasteiger partial charge in [0.15, 0.2) is 0 Å². The highest BCUT2D eigenvalue weighted by molar-refractivity contribution is 6.32. The van der Waals surface area contributed by atoms with Crippen LogP contribution in [0.25, 0.3) is 0 Å². The number of carbonyl (C=O) groups excluding carboxylic acids is 1. The van der Waals surface area contributed by atoms with Gasteiger partial charge in [-0.3, -0.25) is 4.79 Å². The highest BCUT2D eigenvalue weighted by atomic mass is 35.5. The van der Waals surface area contributed by atoms with E-state index < -0.39 is 0 Å². The van der Waals surface area contributed by atoms with E-state index in [1.54, 1.807) is 6.08 Å². The van der Waals surface area contributed by atoms with Gasteiger partial charge < -0.3 is 10.0 Å². The number of likely N-dealkylation sites (tertiary alicyclic amines) is 1. The van der Waals surface area contributed by atoms with E-state index in [1.807, 2.05) is 6.92 Å². The lowest BCUT2D eigenvalue weighted by atomic mass is 9.89. The van der Waals surface area contributed by atoms with E-state index >= 15 is 0 Å².